The first-order valence-corrected chi connectivity index (χ1v) is 5.76. The average Bonchev–Trinajstić information content (AvgIpc) is 2.45. The van der Waals surface area contributed by atoms with Gasteiger partial charge in [0.05, 0.1) is 18.8 Å². The Bertz CT molecular complexity index is 644. The number of rotatable bonds is 4. The maximum atomic E-state index is 11.5. The number of benzene rings is 1. The van der Waals surface area contributed by atoms with Crippen molar-refractivity contribution >= 4 is 17.2 Å². The van der Waals surface area contributed by atoms with Crippen LogP contribution < -0.4 is 16.2 Å². The van der Waals surface area contributed by atoms with Crippen LogP contribution in [0.15, 0.2) is 41.5 Å². The third kappa shape index (κ3) is 2.72. The van der Waals surface area contributed by atoms with Crippen LogP contribution in [0, 0.1) is 11.3 Å². The summed E-state index contributed by atoms with van der Waals surface area (Å²) in [6, 6.07) is 11.5. The molecule has 6 nitrogen and oxygen atoms in total. The van der Waals surface area contributed by atoms with E-state index in [1.54, 1.807) is 4.90 Å². The van der Waals surface area contributed by atoms with Crippen LogP contribution in [0.2, 0.25) is 0 Å². The highest BCUT2D eigenvalue weighted by molar-refractivity contribution is 5.70. The molecule has 0 atom stereocenters. The van der Waals surface area contributed by atoms with E-state index in [2.05, 4.69) is 16.0 Å². The Balaban J connectivity index is 2.47. The molecule has 0 aliphatic rings. The van der Waals surface area contributed by atoms with E-state index in [0.717, 1.165) is 5.69 Å². The number of nitrogens with two attached hydrogens (primary N) is 1. The smallest absolute Gasteiger partial charge is 0.276 e. The van der Waals surface area contributed by atoms with Crippen LogP contribution in [0.5, 0.6) is 0 Å². The zero-order valence-electron chi connectivity index (χ0n) is 10.2. The minimum absolute atomic E-state index is 0.0456. The summed E-state index contributed by atoms with van der Waals surface area (Å²) in [5.74, 6) is 0.366. The predicted octanol–water partition coefficient (Wildman–Crippen LogP) is 1.40. The van der Waals surface area contributed by atoms with Crippen LogP contribution in [0.1, 0.15) is 6.42 Å². The largest absolute Gasteiger partial charge is 0.391 e. The molecule has 0 unspecified atom stereocenters. The SMILES string of the molecule is N#CCCN(c1ccccc1)c1nc[nH]c(=O)c1N. The second-order valence-electron chi connectivity index (χ2n) is 3.86. The Morgan fingerprint density at radius 2 is 2.11 bits per heavy atom. The van der Waals surface area contributed by atoms with Crippen molar-refractivity contribution < 1.29 is 0 Å². The molecule has 19 heavy (non-hydrogen) atoms. The van der Waals surface area contributed by atoms with E-state index in [-0.39, 0.29) is 11.2 Å². The Hall–Kier alpha value is -2.81. The number of para-hydroxylation sites is 1. The Morgan fingerprint density at radius 1 is 1.37 bits per heavy atom. The summed E-state index contributed by atoms with van der Waals surface area (Å²) in [5, 5.41) is 8.74. The maximum Gasteiger partial charge on any atom is 0.276 e. The highest BCUT2D eigenvalue weighted by atomic mass is 16.1. The number of nitriles is 1. The molecule has 0 saturated carbocycles. The highest BCUT2D eigenvalue weighted by Crippen LogP contribution is 2.25. The third-order valence-corrected chi connectivity index (χ3v) is 2.64. The summed E-state index contributed by atoms with van der Waals surface area (Å²) >= 11 is 0. The van der Waals surface area contributed by atoms with E-state index in [1.807, 2.05) is 30.3 Å². The summed E-state index contributed by atoms with van der Waals surface area (Å²) in [5.41, 5.74) is 6.26. The number of hydrogen-bond donors (Lipinski definition) is 2. The van der Waals surface area contributed by atoms with Gasteiger partial charge in [0.1, 0.15) is 5.69 Å². The highest BCUT2D eigenvalue weighted by Gasteiger charge is 2.15. The van der Waals surface area contributed by atoms with Gasteiger partial charge in [-0.05, 0) is 12.1 Å². The normalized spacial score (nSPS) is 9.84. The fourth-order valence-electron chi connectivity index (χ4n) is 1.74. The fourth-order valence-corrected chi connectivity index (χ4v) is 1.74. The first-order valence-electron chi connectivity index (χ1n) is 5.76. The van der Waals surface area contributed by atoms with Crippen molar-refractivity contribution in [2.24, 2.45) is 0 Å². The lowest BCUT2D eigenvalue weighted by molar-refractivity contribution is 0.918. The first kappa shape index (κ1) is 12.6. The molecule has 0 aliphatic carbocycles. The number of nitrogen functional groups attached to an aromatic ring is 1. The molecule has 2 aromatic rings. The number of nitrogens with one attached hydrogen (secondary N) is 1. The summed E-state index contributed by atoms with van der Waals surface area (Å²) < 4.78 is 0. The zero-order valence-corrected chi connectivity index (χ0v) is 10.2. The lowest BCUT2D eigenvalue weighted by atomic mass is 10.2. The number of H-pyrrole nitrogens is 1. The number of aromatic nitrogens is 2. The van der Waals surface area contributed by atoms with Crippen molar-refractivity contribution in [3.63, 3.8) is 0 Å². The van der Waals surface area contributed by atoms with Gasteiger partial charge >= 0.3 is 0 Å². The minimum atomic E-state index is -0.386. The van der Waals surface area contributed by atoms with E-state index in [1.165, 1.54) is 6.33 Å². The van der Waals surface area contributed by atoms with Crippen LogP contribution in [0.3, 0.4) is 0 Å². The molecule has 3 N–H and O–H groups in total. The topological polar surface area (TPSA) is 98.8 Å². The average molecular weight is 255 g/mol. The maximum absolute atomic E-state index is 11.5. The van der Waals surface area contributed by atoms with Gasteiger partial charge in [-0.3, -0.25) is 4.79 Å². The van der Waals surface area contributed by atoms with Crippen molar-refractivity contribution in [2.75, 3.05) is 17.2 Å². The molecule has 1 heterocycles. The minimum Gasteiger partial charge on any atom is -0.391 e. The van der Waals surface area contributed by atoms with E-state index < -0.39 is 0 Å². The molecular weight excluding hydrogens is 242 g/mol. The molecule has 0 fully saturated rings. The van der Waals surface area contributed by atoms with Crippen LogP contribution in [-0.4, -0.2) is 16.5 Å². The van der Waals surface area contributed by atoms with Gasteiger partial charge in [-0.1, -0.05) is 18.2 Å². The molecule has 1 aromatic carbocycles. The summed E-state index contributed by atoms with van der Waals surface area (Å²) in [4.78, 5) is 19.8. The molecule has 96 valence electrons. The molecule has 1 aromatic heterocycles. The molecule has 2 rings (SSSR count). The third-order valence-electron chi connectivity index (χ3n) is 2.64. The van der Waals surface area contributed by atoms with E-state index in [4.69, 9.17) is 11.0 Å². The van der Waals surface area contributed by atoms with Gasteiger partial charge in [0.2, 0.25) is 0 Å². The molecule has 0 saturated heterocycles. The summed E-state index contributed by atoms with van der Waals surface area (Å²) in [6.45, 7) is 0.418. The Labute approximate surface area is 110 Å². The number of aromatic amines is 1. The number of nitrogens with zero attached hydrogens (tertiary/aromatic N) is 3. The van der Waals surface area contributed by atoms with Crippen molar-refractivity contribution in [3.8, 4) is 6.07 Å². The Kier molecular flexibility index (Phi) is 3.78. The quantitative estimate of drug-likeness (QED) is 0.860. The van der Waals surface area contributed by atoms with Crippen LogP contribution in [-0.2, 0) is 0 Å². The van der Waals surface area contributed by atoms with E-state index >= 15 is 0 Å². The monoisotopic (exact) mass is 255 g/mol. The standard InChI is InChI=1S/C13H13N5O/c14-7-4-8-18(10-5-2-1-3-6-10)12-11(15)13(19)17-9-16-12/h1-3,5-6,9H,4,8,15H2,(H,16,17,19). The zero-order chi connectivity index (χ0) is 13.7. The fraction of sp³-hybridized carbons (Fsp3) is 0.154. The predicted molar refractivity (Wildman–Crippen MR) is 72.9 cm³/mol. The van der Waals surface area contributed by atoms with Crippen LogP contribution >= 0.6 is 0 Å². The van der Waals surface area contributed by atoms with Gasteiger partial charge < -0.3 is 15.6 Å². The van der Waals surface area contributed by atoms with Gasteiger partial charge in [-0.15, -0.1) is 0 Å². The van der Waals surface area contributed by atoms with Gasteiger partial charge in [0, 0.05) is 12.2 Å². The number of anilines is 3. The second-order valence-corrected chi connectivity index (χ2v) is 3.86. The number of hydrogen-bond acceptors (Lipinski definition) is 5. The van der Waals surface area contributed by atoms with E-state index in [9.17, 15) is 4.79 Å². The van der Waals surface area contributed by atoms with Crippen LogP contribution in [0.25, 0.3) is 0 Å². The summed E-state index contributed by atoms with van der Waals surface area (Å²) in [6.07, 6.45) is 1.61. The van der Waals surface area contributed by atoms with Gasteiger partial charge in [-0.2, -0.15) is 5.26 Å². The molecule has 0 amide bonds. The second kappa shape index (κ2) is 5.69. The van der Waals surface area contributed by atoms with Crippen molar-refractivity contribution in [1.29, 1.82) is 5.26 Å². The molecule has 6 heteroatoms. The Morgan fingerprint density at radius 3 is 2.79 bits per heavy atom. The van der Waals surface area contributed by atoms with Crippen LogP contribution in [0.4, 0.5) is 17.2 Å². The van der Waals surface area contributed by atoms with Gasteiger partial charge in [-0.25, -0.2) is 4.98 Å². The molecule has 0 radical (unpaired) electrons. The van der Waals surface area contributed by atoms with Crippen molar-refractivity contribution in [1.82, 2.24) is 9.97 Å². The van der Waals surface area contributed by atoms with E-state index in [0.29, 0.717) is 18.8 Å². The molecule has 0 spiro atoms. The first-order chi connectivity index (χ1) is 9.24. The van der Waals surface area contributed by atoms with Crippen molar-refractivity contribution in [2.45, 2.75) is 6.42 Å². The summed E-state index contributed by atoms with van der Waals surface area (Å²) in [7, 11) is 0. The van der Waals surface area contributed by atoms with Crippen molar-refractivity contribution in [3.05, 3.63) is 47.0 Å². The lowest BCUT2D eigenvalue weighted by Gasteiger charge is -2.23. The molecule has 0 bridgehead atoms. The van der Waals surface area contributed by atoms with Gasteiger partial charge in [0.15, 0.2) is 5.82 Å². The molecular formula is C13H13N5O. The van der Waals surface area contributed by atoms with Gasteiger partial charge in [0.25, 0.3) is 5.56 Å². The molecule has 0 aliphatic heterocycles. The lowest BCUT2D eigenvalue weighted by Crippen LogP contribution is -2.24.